The minimum absolute atomic E-state index is 0.243. The Morgan fingerprint density at radius 3 is 1.83 bits per heavy atom. The van der Waals surface area contributed by atoms with Crippen LogP contribution in [0, 0.1) is 0 Å². The first kappa shape index (κ1) is 40.1. The van der Waals surface area contributed by atoms with E-state index in [0.29, 0.717) is 54.1 Å². The molecule has 0 saturated carbocycles. The molecule has 7 nitrogen and oxygen atoms in total. The Morgan fingerprint density at radius 1 is 0.679 bits per heavy atom. The van der Waals surface area contributed by atoms with Crippen molar-refractivity contribution >= 4 is 29.2 Å². The van der Waals surface area contributed by atoms with Gasteiger partial charge >= 0.3 is 5.97 Å². The van der Waals surface area contributed by atoms with E-state index < -0.39 is 17.5 Å². The van der Waals surface area contributed by atoms with E-state index >= 15 is 0 Å². The summed E-state index contributed by atoms with van der Waals surface area (Å²) in [7, 11) is 0. The third-order valence-corrected chi connectivity index (χ3v) is 9.89. The molecule has 9 heteroatoms. The predicted octanol–water partition coefficient (Wildman–Crippen LogP) is 8.84. The van der Waals surface area contributed by atoms with E-state index in [2.05, 4.69) is 5.32 Å². The molecule has 0 spiro atoms. The quantitative estimate of drug-likeness (QED) is 0.0298. The molecular formula is C44H47Cl2NO6. The van der Waals surface area contributed by atoms with Crippen LogP contribution in [0.15, 0.2) is 127 Å². The Bertz CT molecular complexity index is 1720. The molecule has 53 heavy (non-hydrogen) atoms. The first-order chi connectivity index (χ1) is 25.9. The number of rotatable bonds is 21. The number of benzene rings is 5. The molecule has 3 N–H and O–H groups in total. The average molecular weight is 757 g/mol. The maximum absolute atomic E-state index is 14.5. The maximum atomic E-state index is 14.5. The van der Waals surface area contributed by atoms with Crippen molar-refractivity contribution in [1.82, 2.24) is 5.32 Å². The van der Waals surface area contributed by atoms with Crippen molar-refractivity contribution in [2.75, 3.05) is 32.9 Å². The van der Waals surface area contributed by atoms with Gasteiger partial charge in [0.15, 0.2) is 0 Å². The molecule has 5 aromatic rings. The molecule has 5 aromatic carbocycles. The van der Waals surface area contributed by atoms with Crippen molar-refractivity contribution in [2.45, 2.75) is 50.4 Å². The predicted molar refractivity (Wildman–Crippen MR) is 210 cm³/mol. The van der Waals surface area contributed by atoms with Gasteiger partial charge in [0.25, 0.3) is 0 Å². The fourth-order valence-corrected chi connectivity index (χ4v) is 6.86. The Hall–Kier alpha value is -4.05. The van der Waals surface area contributed by atoms with Gasteiger partial charge in [-0.25, -0.2) is 4.79 Å². The number of esters is 1. The monoisotopic (exact) mass is 755 g/mol. The van der Waals surface area contributed by atoms with Gasteiger partial charge < -0.3 is 29.7 Å². The summed E-state index contributed by atoms with van der Waals surface area (Å²) >= 11 is 12.3. The lowest BCUT2D eigenvalue weighted by molar-refractivity contribution is -0.138. The van der Waals surface area contributed by atoms with E-state index in [1.54, 1.807) is 30.3 Å². The highest BCUT2D eigenvalue weighted by Gasteiger charge is 2.45. The van der Waals surface area contributed by atoms with Crippen LogP contribution < -0.4 is 10.1 Å². The fraction of sp³-hybridized carbons (Fsp3) is 0.295. The maximum Gasteiger partial charge on any atom is 0.331 e. The van der Waals surface area contributed by atoms with Gasteiger partial charge in [0.05, 0.1) is 32.5 Å². The molecule has 0 unspecified atom stereocenters. The Morgan fingerprint density at radius 2 is 1.25 bits per heavy atom. The lowest BCUT2D eigenvalue weighted by Gasteiger charge is -2.33. The minimum Gasteiger partial charge on any atom is -0.425 e. The molecule has 0 amide bonds. The summed E-state index contributed by atoms with van der Waals surface area (Å²) in [6, 6.07) is 39.2. The van der Waals surface area contributed by atoms with Gasteiger partial charge in [-0.1, -0.05) is 139 Å². The van der Waals surface area contributed by atoms with E-state index in [1.165, 1.54) is 0 Å². The van der Waals surface area contributed by atoms with Crippen LogP contribution >= 0.6 is 23.2 Å². The van der Waals surface area contributed by atoms with Crippen LogP contribution in [0.5, 0.6) is 5.75 Å². The highest BCUT2D eigenvalue weighted by molar-refractivity contribution is 6.35. The standard InChI is InChI=1S/C44H47Cl2NO6/c45-39-21-14-22-40(46)38(39)32-52-28-27-51-26-13-2-1-12-25-47-30-41(49)33-23-24-42(34(29-33)31-48)53-43(50)44(35-15-6-3-7-16-35,36-17-8-4-9-18-36)37-19-10-5-11-20-37/h3-11,14-24,29,41,47-49H,1-2,12-13,25-28,30-32H2/t41-/m0/s1. The second-order valence-electron chi connectivity index (χ2n) is 12.8. The van der Waals surface area contributed by atoms with Crippen LogP contribution in [0.4, 0.5) is 0 Å². The first-order valence-electron chi connectivity index (χ1n) is 18.0. The average Bonchev–Trinajstić information content (AvgIpc) is 3.19. The second kappa shape index (κ2) is 21.0. The molecule has 5 rings (SSSR count). The number of halogens is 2. The van der Waals surface area contributed by atoms with Crippen LogP contribution in [0.25, 0.3) is 0 Å². The van der Waals surface area contributed by atoms with Gasteiger partial charge in [0.2, 0.25) is 0 Å². The molecule has 0 aliphatic carbocycles. The summed E-state index contributed by atoms with van der Waals surface area (Å²) in [4.78, 5) is 14.5. The van der Waals surface area contributed by atoms with E-state index in [-0.39, 0.29) is 12.4 Å². The molecule has 0 aliphatic heterocycles. The van der Waals surface area contributed by atoms with Gasteiger partial charge in [-0.2, -0.15) is 0 Å². The molecule has 0 aliphatic rings. The first-order valence-corrected chi connectivity index (χ1v) is 18.8. The largest absolute Gasteiger partial charge is 0.425 e. The summed E-state index contributed by atoms with van der Waals surface area (Å²) in [6.45, 7) is 2.77. The molecule has 0 aromatic heterocycles. The summed E-state index contributed by atoms with van der Waals surface area (Å²) in [5, 5.41) is 25.8. The summed E-state index contributed by atoms with van der Waals surface area (Å²) in [5.41, 5.74) is 2.84. The highest BCUT2D eigenvalue weighted by atomic mass is 35.5. The van der Waals surface area contributed by atoms with Crippen LogP contribution in [-0.4, -0.2) is 49.1 Å². The molecule has 0 saturated heterocycles. The molecule has 1 atom stereocenters. The number of aliphatic hydroxyl groups excluding tert-OH is 2. The summed E-state index contributed by atoms with van der Waals surface area (Å²) < 4.78 is 17.5. The molecule has 0 fully saturated rings. The van der Waals surface area contributed by atoms with Crippen molar-refractivity contribution in [3.63, 3.8) is 0 Å². The molecular weight excluding hydrogens is 709 g/mol. The van der Waals surface area contributed by atoms with Gasteiger partial charge in [-0.3, -0.25) is 0 Å². The number of unbranched alkanes of at least 4 members (excludes halogenated alkanes) is 3. The SMILES string of the molecule is O=C(Oc1ccc([C@@H](O)CNCCCCCCOCCOCc2c(Cl)cccc2Cl)cc1CO)C(c1ccccc1)(c1ccccc1)c1ccccc1. The smallest absolute Gasteiger partial charge is 0.331 e. The van der Waals surface area contributed by atoms with Crippen molar-refractivity contribution in [3.05, 3.63) is 171 Å². The third kappa shape index (κ3) is 10.8. The fourth-order valence-electron chi connectivity index (χ4n) is 6.35. The number of hydrogen-bond donors (Lipinski definition) is 3. The Labute approximate surface area is 322 Å². The van der Waals surface area contributed by atoms with E-state index in [4.69, 9.17) is 37.4 Å². The molecule has 0 heterocycles. The van der Waals surface area contributed by atoms with Gasteiger partial charge in [-0.05, 0) is 65.9 Å². The number of ether oxygens (including phenoxy) is 3. The second-order valence-corrected chi connectivity index (χ2v) is 13.6. The zero-order valence-corrected chi connectivity index (χ0v) is 31.3. The van der Waals surface area contributed by atoms with Crippen molar-refractivity contribution in [1.29, 1.82) is 0 Å². The van der Waals surface area contributed by atoms with E-state index in [1.807, 2.05) is 97.1 Å². The van der Waals surface area contributed by atoms with Crippen molar-refractivity contribution in [2.24, 2.45) is 0 Å². The zero-order valence-electron chi connectivity index (χ0n) is 29.8. The van der Waals surface area contributed by atoms with Crippen molar-refractivity contribution < 1.29 is 29.2 Å². The van der Waals surface area contributed by atoms with E-state index in [9.17, 15) is 15.0 Å². The van der Waals surface area contributed by atoms with Crippen molar-refractivity contribution in [3.8, 4) is 5.75 Å². The molecule has 278 valence electrons. The minimum atomic E-state index is -1.27. The highest BCUT2D eigenvalue weighted by Crippen LogP contribution is 2.41. The van der Waals surface area contributed by atoms with Crippen LogP contribution in [-0.2, 0) is 32.9 Å². The number of carbonyl (C=O) groups excluding carboxylic acids is 1. The molecule has 0 radical (unpaired) electrons. The Balaban J connectivity index is 1.08. The summed E-state index contributed by atoms with van der Waals surface area (Å²) in [5.74, 6) is -0.256. The van der Waals surface area contributed by atoms with Gasteiger partial charge in [-0.15, -0.1) is 0 Å². The van der Waals surface area contributed by atoms with E-state index in [0.717, 1.165) is 54.5 Å². The van der Waals surface area contributed by atoms with Gasteiger partial charge in [0, 0.05) is 34.3 Å². The van der Waals surface area contributed by atoms with Crippen LogP contribution in [0.2, 0.25) is 10.0 Å². The molecule has 0 bridgehead atoms. The topological polar surface area (TPSA) is 97.3 Å². The number of nitrogens with one attached hydrogen (secondary N) is 1. The third-order valence-electron chi connectivity index (χ3n) is 9.18. The normalized spacial score (nSPS) is 12.1. The zero-order chi connectivity index (χ0) is 37.3. The lowest BCUT2D eigenvalue weighted by Crippen LogP contribution is -2.41. The Kier molecular flexibility index (Phi) is 15.9. The van der Waals surface area contributed by atoms with Crippen LogP contribution in [0.1, 0.15) is 65.2 Å². The number of aliphatic hydroxyl groups is 2. The van der Waals surface area contributed by atoms with Crippen LogP contribution in [0.3, 0.4) is 0 Å². The number of carbonyl (C=O) groups is 1. The van der Waals surface area contributed by atoms with Gasteiger partial charge in [0.1, 0.15) is 11.2 Å². The summed E-state index contributed by atoms with van der Waals surface area (Å²) in [6.07, 6.45) is 3.21. The number of hydrogen-bond acceptors (Lipinski definition) is 7. The lowest BCUT2D eigenvalue weighted by atomic mass is 9.69.